The van der Waals surface area contributed by atoms with Gasteiger partial charge in [0.25, 0.3) is 5.91 Å². The monoisotopic (exact) mass is 454 g/mol. The van der Waals surface area contributed by atoms with E-state index in [9.17, 15) is 4.79 Å². The number of hydrogen-bond acceptors (Lipinski definition) is 3. The molecular weight excluding hydrogens is 436 g/mol. The van der Waals surface area contributed by atoms with Crippen LogP contribution in [0.1, 0.15) is 21.6 Å². The Labute approximate surface area is 175 Å². The highest BCUT2D eigenvalue weighted by Crippen LogP contribution is 2.33. The maximum atomic E-state index is 13.0. The highest BCUT2D eigenvalue weighted by Gasteiger charge is 2.18. The molecular formula is C22H19BrN2O2S. The van der Waals surface area contributed by atoms with Crippen LogP contribution in [0, 0.1) is 0 Å². The van der Waals surface area contributed by atoms with Crippen molar-refractivity contribution in [2.75, 3.05) is 7.11 Å². The van der Waals surface area contributed by atoms with E-state index in [0.29, 0.717) is 18.8 Å². The van der Waals surface area contributed by atoms with Crippen LogP contribution in [0.4, 0.5) is 0 Å². The van der Waals surface area contributed by atoms with Crippen molar-refractivity contribution >= 4 is 43.4 Å². The van der Waals surface area contributed by atoms with E-state index in [1.807, 2.05) is 60.7 Å². The minimum absolute atomic E-state index is 0.0849. The van der Waals surface area contributed by atoms with Gasteiger partial charge in [-0.2, -0.15) is 0 Å². The minimum Gasteiger partial charge on any atom is -0.496 e. The van der Waals surface area contributed by atoms with Gasteiger partial charge < -0.3 is 14.6 Å². The molecule has 4 aromatic rings. The van der Waals surface area contributed by atoms with Gasteiger partial charge in [0, 0.05) is 12.1 Å². The molecule has 0 spiro atoms. The number of hydrogen-bond donors (Lipinski definition) is 1. The second-order valence-electron chi connectivity index (χ2n) is 6.40. The molecule has 0 fully saturated rings. The lowest BCUT2D eigenvalue weighted by Crippen LogP contribution is -2.25. The van der Waals surface area contributed by atoms with Crippen molar-refractivity contribution in [2.24, 2.45) is 0 Å². The number of amides is 1. The Morgan fingerprint density at radius 1 is 1.11 bits per heavy atom. The SMILES string of the molecule is COc1ccccc1Cn1c(C(=O)NCc2ccccc2)cc2sc(Br)cc21. The molecule has 4 nitrogen and oxygen atoms in total. The van der Waals surface area contributed by atoms with Crippen molar-refractivity contribution in [2.45, 2.75) is 13.1 Å². The number of carbonyl (C=O) groups excluding carboxylic acids is 1. The number of nitrogens with one attached hydrogen (secondary N) is 1. The predicted octanol–water partition coefficient (Wildman–Crippen LogP) is 5.45. The number of thiophene rings is 1. The van der Waals surface area contributed by atoms with Crippen LogP contribution >= 0.6 is 27.3 Å². The van der Waals surface area contributed by atoms with Crippen LogP contribution in [0.15, 0.2) is 70.5 Å². The molecule has 2 heterocycles. The molecule has 1 amide bonds. The predicted molar refractivity (Wildman–Crippen MR) is 117 cm³/mol. The molecule has 28 heavy (non-hydrogen) atoms. The van der Waals surface area contributed by atoms with Gasteiger partial charge in [0.05, 0.1) is 27.7 Å². The van der Waals surface area contributed by atoms with Gasteiger partial charge in [-0.1, -0.05) is 48.5 Å². The Morgan fingerprint density at radius 2 is 1.86 bits per heavy atom. The third-order valence-corrected chi connectivity index (χ3v) is 6.18. The highest BCUT2D eigenvalue weighted by atomic mass is 79.9. The summed E-state index contributed by atoms with van der Waals surface area (Å²) in [6.45, 7) is 1.06. The average Bonchev–Trinajstić information content (AvgIpc) is 3.24. The summed E-state index contributed by atoms with van der Waals surface area (Å²) in [4.78, 5) is 13.0. The topological polar surface area (TPSA) is 43.3 Å². The van der Waals surface area contributed by atoms with Crippen LogP contribution in [0.2, 0.25) is 0 Å². The molecule has 0 radical (unpaired) electrons. The zero-order valence-electron chi connectivity index (χ0n) is 15.3. The number of rotatable bonds is 6. The van der Waals surface area contributed by atoms with E-state index >= 15 is 0 Å². The molecule has 0 aliphatic rings. The van der Waals surface area contributed by atoms with E-state index in [2.05, 4.69) is 31.9 Å². The Kier molecular flexibility index (Phi) is 5.50. The Hall–Kier alpha value is -2.57. The molecule has 2 aromatic carbocycles. The second kappa shape index (κ2) is 8.20. The van der Waals surface area contributed by atoms with Gasteiger partial charge in [0.2, 0.25) is 0 Å². The molecule has 4 rings (SSSR count). The van der Waals surface area contributed by atoms with E-state index in [1.165, 1.54) is 0 Å². The van der Waals surface area contributed by atoms with Crippen LogP contribution in [-0.4, -0.2) is 17.6 Å². The Morgan fingerprint density at radius 3 is 2.64 bits per heavy atom. The fraction of sp³-hybridized carbons (Fsp3) is 0.136. The van der Waals surface area contributed by atoms with E-state index in [-0.39, 0.29) is 5.91 Å². The first-order chi connectivity index (χ1) is 13.7. The van der Waals surface area contributed by atoms with Crippen molar-refractivity contribution in [1.29, 1.82) is 0 Å². The number of ether oxygens (including phenoxy) is 1. The van der Waals surface area contributed by atoms with Gasteiger partial charge in [-0.05, 0) is 39.7 Å². The maximum Gasteiger partial charge on any atom is 0.268 e. The average molecular weight is 455 g/mol. The fourth-order valence-corrected chi connectivity index (χ4v) is 4.81. The van der Waals surface area contributed by atoms with Gasteiger partial charge in [-0.25, -0.2) is 0 Å². The molecule has 6 heteroatoms. The summed E-state index contributed by atoms with van der Waals surface area (Å²) in [7, 11) is 1.67. The first-order valence-electron chi connectivity index (χ1n) is 8.88. The number of nitrogens with zero attached hydrogens (tertiary/aromatic N) is 1. The van der Waals surface area contributed by atoms with Crippen LogP contribution < -0.4 is 10.1 Å². The fourth-order valence-electron chi connectivity index (χ4n) is 3.24. The number of benzene rings is 2. The van der Waals surface area contributed by atoms with Crippen LogP contribution in [0.3, 0.4) is 0 Å². The molecule has 0 saturated carbocycles. The van der Waals surface area contributed by atoms with Gasteiger partial charge in [-0.15, -0.1) is 11.3 Å². The standard InChI is InChI=1S/C22H19BrN2O2S/c1-27-19-10-6-5-9-16(19)14-25-17-12-21(23)28-20(17)11-18(25)22(26)24-13-15-7-3-2-4-8-15/h2-12H,13-14H2,1H3,(H,24,26). The van der Waals surface area contributed by atoms with Crippen molar-refractivity contribution in [3.63, 3.8) is 0 Å². The first kappa shape index (κ1) is 18.8. The van der Waals surface area contributed by atoms with Crippen molar-refractivity contribution < 1.29 is 9.53 Å². The molecule has 0 atom stereocenters. The number of fused-ring (bicyclic) bond motifs is 1. The van der Waals surface area contributed by atoms with E-state index < -0.39 is 0 Å². The van der Waals surface area contributed by atoms with Gasteiger partial charge in [0.1, 0.15) is 11.4 Å². The third kappa shape index (κ3) is 3.84. The van der Waals surface area contributed by atoms with Crippen molar-refractivity contribution in [3.8, 4) is 5.75 Å². The summed E-state index contributed by atoms with van der Waals surface area (Å²) >= 11 is 5.18. The number of halogens is 1. The van der Waals surface area contributed by atoms with Crippen molar-refractivity contribution in [1.82, 2.24) is 9.88 Å². The van der Waals surface area contributed by atoms with Gasteiger partial charge >= 0.3 is 0 Å². The summed E-state index contributed by atoms with van der Waals surface area (Å²) in [6, 6.07) is 21.8. The zero-order chi connectivity index (χ0) is 19.5. The number of methoxy groups -OCH3 is 1. The lowest BCUT2D eigenvalue weighted by atomic mass is 10.2. The maximum absolute atomic E-state index is 13.0. The van der Waals surface area contributed by atoms with E-state index in [4.69, 9.17) is 4.74 Å². The number of carbonyl (C=O) groups is 1. The number of para-hydroxylation sites is 1. The highest BCUT2D eigenvalue weighted by molar-refractivity contribution is 9.11. The van der Waals surface area contributed by atoms with Gasteiger partial charge in [0.15, 0.2) is 0 Å². The summed E-state index contributed by atoms with van der Waals surface area (Å²) in [5, 5.41) is 3.04. The summed E-state index contributed by atoms with van der Waals surface area (Å²) in [5.74, 6) is 0.729. The first-order valence-corrected chi connectivity index (χ1v) is 10.5. The molecule has 0 aliphatic carbocycles. The summed E-state index contributed by atoms with van der Waals surface area (Å²) in [6.07, 6.45) is 0. The lowest BCUT2D eigenvalue weighted by molar-refractivity contribution is 0.0942. The molecule has 0 saturated heterocycles. The second-order valence-corrected chi connectivity index (χ2v) is 8.86. The Balaban J connectivity index is 1.67. The third-order valence-electron chi connectivity index (χ3n) is 4.61. The molecule has 0 bridgehead atoms. The number of aromatic nitrogens is 1. The van der Waals surface area contributed by atoms with E-state index in [0.717, 1.165) is 30.9 Å². The van der Waals surface area contributed by atoms with E-state index in [1.54, 1.807) is 18.4 Å². The quantitative estimate of drug-likeness (QED) is 0.420. The zero-order valence-corrected chi connectivity index (χ0v) is 17.7. The molecule has 0 unspecified atom stereocenters. The minimum atomic E-state index is -0.0849. The molecule has 142 valence electrons. The molecule has 2 aromatic heterocycles. The lowest BCUT2D eigenvalue weighted by Gasteiger charge is -2.13. The summed E-state index contributed by atoms with van der Waals surface area (Å²) in [5.41, 5.74) is 3.79. The Bertz CT molecular complexity index is 1120. The van der Waals surface area contributed by atoms with Crippen LogP contribution in [0.5, 0.6) is 5.75 Å². The van der Waals surface area contributed by atoms with Gasteiger partial charge in [-0.3, -0.25) is 4.79 Å². The van der Waals surface area contributed by atoms with Crippen LogP contribution in [0.25, 0.3) is 10.2 Å². The van der Waals surface area contributed by atoms with Crippen molar-refractivity contribution in [3.05, 3.63) is 87.3 Å². The smallest absolute Gasteiger partial charge is 0.268 e. The molecule has 1 N–H and O–H groups in total. The molecule has 0 aliphatic heterocycles. The largest absolute Gasteiger partial charge is 0.496 e. The summed E-state index contributed by atoms with van der Waals surface area (Å²) < 4.78 is 9.67. The normalized spacial score (nSPS) is 10.9. The van der Waals surface area contributed by atoms with Crippen LogP contribution in [-0.2, 0) is 13.1 Å².